The molecule has 1 aliphatic carbocycles. The summed E-state index contributed by atoms with van der Waals surface area (Å²) < 4.78 is 0. The molecule has 22 heavy (non-hydrogen) atoms. The van der Waals surface area contributed by atoms with E-state index < -0.39 is 0 Å². The van der Waals surface area contributed by atoms with Gasteiger partial charge in [-0.05, 0) is 48.8 Å². The lowest BCUT2D eigenvalue weighted by atomic mass is 9.87. The Morgan fingerprint density at radius 1 is 1.05 bits per heavy atom. The zero-order valence-electron chi connectivity index (χ0n) is 12.9. The maximum Gasteiger partial charge on any atom is 0.220 e. The molecule has 0 spiro atoms. The van der Waals surface area contributed by atoms with Crippen molar-refractivity contribution in [2.75, 3.05) is 0 Å². The third-order valence-corrected chi connectivity index (χ3v) is 4.42. The van der Waals surface area contributed by atoms with Crippen LogP contribution in [0.1, 0.15) is 48.4 Å². The fraction of sp³-hybridized carbons (Fsp3) is 0.350. The summed E-state index contributed by atoms with van der Waals surface area (Å²) in [6.45, 7) is 0. The number of rotatable bonds is 5. The van der Waals surface area contributed by atoms with Crippen molar-refractivity contribution >= 4 is 5.91 Å². The van der Waals surface area contributed by atoms with Gasteiger partial charge < -0.3 is 5.32 Å². The number of hydrogen-bond acceptors (Lipinski definition) is 1. The standard InChI is InChI=1S/C20H23NO/c22-20(15-6-10-16-8-2-1-3-9-16)21-19-14-7-12-17-11-4-5-13-18(17)19/h1-5,8-9,11,13,19H,6-7,10,12,14-15H2,(H,21,22). The minimum absolute atomic E-state index is 0.178. The maximum absolute atomic E-state index is 12.2. The first kappa shape index (κ1) is 14.8. The molecule has 0 saturated carbocycles. The van der Waals surface area contributed by atoms with Crippen LogP contribution in [0, 0.1) is 0 Å². The Kier molecular flexibility index (Phi) is 4.89. The molecule has 0 saturated heterocycles. The number of nitrogens with one attached hydrogen (secondary N) is 1. The lowest BCUT2D eigenvalue weighted by Crippen LogP contribution is -2.30. The van der Waals surface area contributed by atoms with Gasteiger partial charge in [-0.25, -0.2) is 0 Å². The molecule has 2 aromatic carbocycles. The Hall–Kier alpha value is -2.09. The van der Waals surface area contributed by atoms with Crippen molar-refractivity contribution in [2.24, 2.45) is 0 Å². The second-order valence-electron chi connectivity index (χ2n) is 6.05. The van der Waals surface area contributed by atoms with Gasteiger partial charge in [0.25, 0.3) is 0 Å². The van der Waals surface area contributed by atoms with Crippen molar-refractivity contribution in [1.29, 1.82) is 0 Å². The number of carbonyl (C=O) groups is 1. The van der Waals surface area contributed by atoms with E-state index >= 15 is 0 Å². The quantitative estimate of drug-likeness (QED) is 0.879. The van der Waals surface area contributed by atoms with Gasteiger partial charge in [0.05, 0.1) is 6.04 Å². The van der Waals surface area contributed by atoms with Gasteiger partial charge in [-0.15, -0.1) is 0 Å². The topological polar surface area (TPSA) is 29.1 Å². The average Bonchev–Trinajstić information content (AvgIpc) is 2.56. The second kappa shape index (κ2) is 7.26. The second-order valence-corrected chi connectivity index (χ2v) is 6.05. The predicted molar refractivity (Wildman–Crippen MR) is 89.6 cm³/mol. The Balaban J connectivity index is 1.50. The molecule has 1 unspecified atom stereocenters. The van der Waals surface area contributed by atoms with E-state index in [1.165, 1.54) is 16.7 Å². The molecule has 0 heterocycles. The Morgan fingerprint density at radius 3 is 2.68 bits per heavy atom. The molecule has 0 bridgehead atoms. The molecule has 1 amide bonds. The molecule has 0 aromatic heterocycles. The summed E-state index contributed by atoms with van der Waals surface area (Å²) in [6.07, 6.45) is 5.83. The normalized spacial score (nSPS) is 16.8. The number of carbonyl (C=O) groups excluding carboxylic acids is 1. The molecule has 1 aliphatic rings. The highest BCUT2D eigenvalue weighted by Gasteiger charge is 2.20. The third kappa shape index (κ3) is 3.76. The lowest BCUT2D eigenvalue weighted by molar-refractivity contribution is -0.122. The van der Waals surface area contributed by atoms with E-state index in [0.29, 0.717) is 6.42 Å². The minimum Gasteiger partial charge on any atom is -0.349 e. The molecule has 2 aromatic rings. The molecule has 2 heteroatoms. The monoisotopic (exact) mass is 293 g/mol. The highest BCUT2D eigenvalue weighted by atomic mass is 16.1. The van der Waals surface area contributed by atoms with Crippen LogP contribution >= 0.6 is 0 Å². The summed E-state index contributed by atoms with van der Waals surface area (Å²) in [6, 6.07) is 19.1. The van der Waals surface area contributed by atoms with Crippen LogP contribution in [0.25, 0.3) is 0 Å². The van der Waals surface area contributed by atoms with Crippen molar-refractivity contribution in [3.63, 3.8) is 0 Å². The van der Waals surface area contributed by atoms with Gasteiger partial charge in [0.15, 0.2) is 0 Å². The van der Waals surface area contributed by atoms with Crippen LogP contribution in [0.2, 0.25) is 0 Å². The molecule has 1 atom stereocenters. The summed E-state index contributed by atoms with van der Waals surface area (Å²) in [5.74, 6) is 0.178. The number of benzene rings is 2. The van der Waals surface area contributed by atoms with Gasteiger partial charge in [0, 0.05) is 6.42 Å². The highest BCUT2D eigenvalue weighted by Crippen LogP contribution is 2.29. The predicted octanol–water partition coefficient (Wildman–Crippen LogP) is 4.20. The van der Waals surface area contributed by atoms with Crippen molar-refractivity contribution in [3.8, 4) is 0 Å². The van der Waals surface area contributed by atoms with E-state index in [1.807, 2.05) is 18.2 Å². The number of hydrogen-bond donors (Lipinski definition) is 1. The van der Waals surface area contributed by atoms with Crippen LogP contribution in [0.4, 0.5) is 0 Å². The van der Waals surface area contributed by atoms with E-state index in [4.69, 9.17) is 0 Å². The summed E-state index contributed by atoms with van der Waals surface area (Å²) in [5, 5.41) is 3.22. The molecular formula is C20H23NO. The van der Waals surface area contributed by atoms with E-state index in [9.17, 15) is 4.79 Å². The fourth-order valence-corrected chi connectivity index (χ4v) is 3.27. The van der Waals surface area contributed by atoms with Crippen LogP contribution in [0.3, 0.4) is 0 Å². The zero-order chi connectivity index (χ0) is 15.2. The van der Waals surface area contributed by atoms with Gasteiger partial charge in [0.1, 0.15) is 0 Å². The van der Waals surface area contributed by atoms with Crippen LogP contribution in [0.5, 0.6) is 0 Å². The molecule has 0 radical (unpaired) electrons. The lowest BCUT2D eigenvalue weighted by Gasteiger charge is -2.26. The SMILES string of the molecule is O=C(CCCc1ccccc1)NC1CCCc2ccccc21. The Bertz CT molecular complexity index is 621. The number of fused-ring (bicyclic) bond motifs is 1. The van der Waals surface area contributed by atoms with E-state index in [1.54, 1.807) is 0 Å². The number of amides is 1. The molecule has 0 aliphatic heterocycles. The van der Waals surface area contributed by atoms with Crippen molar-refractivity contribution in [3.05, 3.63) is 71.3 Å². The molecule has 1 N–H and O–H groups in total. The molecule has 2 nitrogen and oxygen atoms in total. The van der Waals surface area contributed by atoms with Crippen LogP contribution in [-0.2, 0) is 17.6 Å². The Morgan fingerprint density at radius 2 is 1.82 bits per heavy atom. The molecular weight excluding hydrogens is 270 g/mol. The number of aryl methyl sites for hydroxylation is 2. The molecule has 0 fully saturated rings. The summed E-state index contributed by atoms with van der Waals surface area (Å²) >= 11 is 0. The first-order valence-electron chi connectivity index (χ1n) is 8.24. The van der Waals surface area contributed by atoms with E-state index in [2.05, 4.69) is 41.7 Å². The van der Waals surface area contributed by atoms with Gasteiger partial charge in [-0.3, -0.25) is 4.79 Å². The molecule has 114 valence electrons. The average molecular weight is 293 g/mol. The van der Waals surface area contributed by atoms with Crippen molar-refractivity contribution in [2.45, 2.75) is 44.6 Å². The van der Waals surface area contributed by atoms with Gasteiger partial charge >= 0.3 is 0 Å². The summed E-state index contributed by atoms with van der Waals surface area (Å²) in [7, 11) is 0. The smallest absolute Gasteiger partial charge is 0.220 e. The largest absolute Gasteiger partial charge is 0.349 e. The molecule has 3 rings (SSSR count). The van der Waals surface area contributed by atoms with E-state index in [-0.39, 0.29) is 11.9 Å². The first-order valence-corrected chi connectivity index (χ1v) is 8.24. The minimum atomic E-state index is 0.178. The van der Waals surface area contributed by atoms with Crippen LogP contribution < -0.4 is 5.32 Å². The van der Waals surface area contributed by atoms with Crippen molar-refractivity contribution in [1.82, 2.24) is 5.32 Å². The first-order chi connectivity index (χ1) is 10.8. The van der Waals surface area contributed by atoms with Crippen LogP contribution in [-0.4, -0.2) is 5.91 Å². The highest BCUT2D eigenvalue weighted by molar-refractivity contribution is 5.76. The van der Waals surface area contributed by atoms with E-state index in [0.717, 1.165) is 32.1 Å². The van der Waals surface area contributed by atoms with Gasteiger partial charge in [0.2, 0.25) is 5.91 Å². The third-order valence-electron chi connectivity index (χ3n) is 4.42. The van der Waals surface area contributed by atoms with Crippen molar-refractivity contribution < 1.29 is 4.79 Å². The Labute approximate surface area is 132 Å². The fourth-order valence-electron chi connectivity index (χ4n) is 3.27. The van der Waals surface area contributed by atoms with Gasteiger partial charge in [-0.2, -0.15) is 0 Å². The van der Waals surface area contributed by atoms with Crippen LogP contribution in [0.15, 0.2) is 54.6 Å². The maximum atomic E-state index is 12.2. The zero-order valence-corrected chi connectivity index (χ0v) is 12.9. The summed E-state index contributed by atoms with van der Waals surface area (Å²) in [4.78, 5) is 12.2. The summed E-state index contributed by atoms with van der Waals surface area (Å²) in [5.41, 5.74) is 4.01. The van der Waals surface area contributed by atoms with Gasteiger partial charge in [-0.1, -0.05) is 54.6 Å².